The molecule has 0 aromatic heterocycles. The standard InChI is InChI=1S/C22H28ClN5O2/c1-24-22(26-12-11-25-21(29)19-5-3-4-6-20(19)23)28-15-13-27(14-16-28)17-7-9-18(30-2)10-8-17/h3-10H,11-16H2,1-2H3,(H,24,26)(H,25,29). The normalized spacial score (nSPS) is 14.4. The van der Waals surface area contributed by atoms with Crippen LogP contribution in [0.15, 0.2) is 53.5 Å². The summed E-state index contributed by atoms with van der Waals surface area (Å²) in [4.78, 5) is 21.2. The summed E-state index contributed by atoms with van der Waals surface area (Å²) in [6.07, 6.45) is 0. The number of hydrogen-bond donors (Lipinski definition) is 2. The third kappa shape index (κ3) is 5.57. The van der Waals surface area contributed by atoms with Gasteiger partial charge in [-0.25, -0.2) is 0 Å². The zero-order chi connectivity index (χ0) is 21.3. The van der Waals surface area contributed by atoms with Gasteiger partial charge in [0.2, 0.25) is 0 Å². The summed E-state index contributed by atoms with van der Waals surface area (Å²) in [7, 11) is 3.45. The summed E-state index contributed by atoms with van der Waals surface area (Å²) in [5.41, 5.74) is 1.68. The van der Waals surface area contributed by atoms with Gasteiger partial charge in [0, 0.05) is 52.0 Å². The number of rotatable bonds is 6. The van der Waals surface area contributed by atoms with Crippen LogP contribution in [0, 0.1) is 0 Å². The molecule has 1 heterocycles. The highest BCUT2D eigenvalue weighted by atomic mass is 35.5. The molecule has 2 aromatic carbocycles. The average molecular weight is 430 g/mol. The summed E-state index contributed by atoms with van der Waals surface area (Å²) >= 11 is 6.07. The molecule has 0 bridgehead atoms. The fraction of sp³-hybridized carbons (Fsp3) is 0.364. The number of piperazine rings is 1. The maximum atomic E-state index is 12.2. The molecule has 1 aliphatic heterocycles. The molecule has 2 aromatic rings. The van der Waals surface area contributed by atoms with Crippen LogP contribution in [0.2, 0.25) is 5.02 Å². The number of halogens is 1. The van der Waals surface area contributed by atoms with Gasteiger partial charge in [-0.15, -0.1) is 0 Å². The van der Waals surface area contributed by atoms with Gasteiger partial charge in [0.25, 0.3) is 5.91 Å². The molecule has 8 heteroatoms. The molecule has 0 unspecified atom stereocenters. The first-order valence-corrected chi connectivity index (χ1v) is 10.4. The largest absolute Gasteiger partial charge is 0.497 e. The van der Waals surface area contributed by atoms with Crippen LogP contribution < -0.4 is 20.3 Å². The summed E-state index contributed by atoms with van der Waals surface area (Å²) in [6, 6.07) is 15.2. The van der Waals surface area contributed by atoms with Crippen LogP contribution >= 0.6 is 11.6 Å². The Morgan fingerprint density at radius 2 is 1.70 bits per heavy atom. The summed E-state index contributed by atoms with van der Waals surface area (Å²) in [5.74, 6) is 1.53. The minimum atomic E-state index is -0.175. The number of anilines is 1. The lowest BCUT2D eigenvalue weighted by Crippen LogP contribution is -2.53. The van der Waals surface area contributed by atoms with Crippen molar-refractivity contribution in [2.45, 2.75) is 0 Å². The first-order chi connectivity index (χ1) is 14.6. The number of carbonyl (C=O) groups excluding carboxylic acids is 1. The molecule has 2 N–H and O–H groups in total. The Hall–Kier alpha value is -2.93. The number of nitrogens with zero attached hydrogens (tertiary/aromatic N) is 3. The molecular formula is C22H28ClN5O2. The lowest BCUT2D eigenvalue weighted by molar-refractivity contribution is 0.0954. The van der Waals surface area contributed by atoms with Crippen molar-refractivity contribution in [3.05, 3.63) is 59.1 Å². The van der Waals surface area contributed by atoms with Gasteiger partial charge in [0.15, 0.2) is 5.96 Å². The highest BCUT2D eigenvalue weighted by Gasteiger charge is 2.19. The van der Waals surface area contributed by atoms with E-state index in [0.29, 0.717) is 23.7 Å². The van der Waals surface area contributed by atoms with Crippen molar-refractivity contribution in [2.75, 3.05) is 58.3 Å². The number of benzene rings is 2. The van der Waals surface area contributed by atoms with Gasteiger partial charge < -0.3 is 25.2 Å². The Kier molecular flexibility index (Phi) is 7.79. The molecule has 0 radical (unpaired) electrons. The van der Waals surface area contributed by atoms with Crippen molar-refractivity contribution in [2.24, 2.45) is 4.99 Å². The highest BCUT2D eigenvalue weighted by Crippen LogP contribution is 2.20. The monoisotopic (exact) mass is 429 g/mol. The zero-order valence-electron chi connectivity index (χ0n) is 17.4. The van der Waals surface area contributed by atoms with Gasteiger partial charge >= 0.3 is 0 Å². The van der Waals surface area contributed by atoms with Crippen molar-refractivity contribution < 1.29 is 9.53 Å². The molecule has 0 atom stereocenters. The van der Waals surface area contributed by atoms with Gasteiger partial charge in [0.1, 0.15) is 5.75 Å². The lowest BCUT2D eigenvalue weighted by Gasteiger charge is -2.37. The Balaban J connectivity index is 1.42. The number of hydrogen-bond acceptors (Lipinski definition) is 4. The minimum Gasteiger partial charge on any atom is -0.497 e. The highest BCUT2D eigenvalue weighted by molar-refractivity contribution is 6.33. The maximum absolute atomic E-state index is 12.2. The molecule has 0 aliphatic carbocycles. The van der Waals surface area contributed by atoms with E-state index in [1.54, 1.807) is 38.4 Å². The molecule has 1 saturated heterocycles. The smallest absolute Gasteiger partial charge is 0.252 e. The van der Waals surface area contributed by atoms with Gasteiger partial charge in [-0.1, -0.05) is 23.7 Å². The summed E-state index contributed by atoms with van der Waals surface area (Å²) in [5, 5.41) is 6.66. The van der Waals surface area contributed by atoms with Crippen molar-refractivity contribution in [1.29, 1.82) is 0 Å². The molecule has 0 saturated carbocycles. The molecule has 3 rings (SSSR count). The van der Waals surface area contributed by atoms with Crippen LogP contribution in [0.25, 0.3) is 0 Å². The quantitative estimate of drug-likeness (QED) is 0.419. The number of aliphatic imine (C=N–C) groups is 1. The fourth-order valence-corrected chi connectivity index (χ4v) is 3.61. The van der Waals surface area contributed by atoms with Gasteiger partial charge in [-0.05, 0) is 36.4 Å². The van der Waals surface area contributed by atoms with E-state index >= 15 is 0 Å². The number of ether oxygens (including phenoxy) is 1. The second-order valence-corrected chi connectivity index (χ2v) is 7.29. The number of amides is 1. The fourth-order valence-electron chi connectivity index (χ4n) is 3.39. The van der Waals surface area contributed by atoms with E-state index in [2.05, 4.69) is 37.6 Å². The van der Waals surface area contributed by atoms with E-state index < -0.39 is 0 Å². The van der Waals surface area contributed by atoms with E-state index in [-0.39, 0.29) is 5.91 Å². The van der Waals surface area contributed by atoms with E-state index in [1.807, 2.05) is 12.1 Å². The second kappa shape index (κ2) is 10.7. The first-order valence-electron chi connectivity index (χ1n) is 9.99. The molecule has 1 aliphatic rings. The Morgan fingerprint density at radius 3 is 2.33 bits per heavy atom. The predicted molar refractivity (Wildman–Crippen MR) is 122 cm³/mol. The molecular weight excluding hydrogens is 402 g/mol. The second-order valence-electron chi connectivity index (χ2n) is 6.88. The minimum absolute atomic E-state index is 0.175. The maximum Gasteiger partial charge on any atom is 0.252 e. The van der Waals surface area contributed by atoms with Crippen molar-refractivity contribution in [3.63, 3.8) is 0 Å². The van der Waals surface area contributed by atoms with E-state index in [4.69, 9.17) is 16.3 Å². The van der Waals surface area contributed by atoms with Gasteiger partial charge in [-0.3, -0.25) is 9.79 Å². The third-order valence-corrected chi connectivity index (χ3v) is 5.37. The van der Waals surface area contributed by atoms with Crippen LogP contribution in [0.5, 0.6) is 5.75 Å². The zero-order valence-corrected chi connectivity index (χ0v) is 18.2. The average Bonchev–Trinajstić information content (AvgIpc) is 2.79. The molecule has 30 heavy (non-hydrogen) atoms. The van der Waals surface area contributed by atoms with Crippen LogP contribution in [-0.2, 0) is 0 Å². The van der Waals surface area contributed by atoms with Crippen molar-refractivity contribution in [1.82, 2.24) is 15.5 Å². The molecule has 0 spiro atoms. The number of methoxy groups -OCH3 is 1. The van der Waals surface area contributed by atoms with Crippen LogP contribution in [0.4, 0.5) is 5.69 Å². The summed E-state index contributed by atoms with van der Waals surface area (Å²) < 4.78 is 5.23. The Labute approximate surface area is 182 Å². The predicted octanol–water partition coefficient (Wildman–Crippen LogP) is 2.48. The SMILES string of the molecule is CN=C(NCCNC(=O)c1ccccc1Cl)N1CCN(c2ccc(OC)cc2)CC1. The van der Waals surface area contributed by atoms with Crippen LogP contribution in [0.3, 0.4) is 0 Å². The third-order valence-electron chi connectivity index (χ3n) is 5.04. The van der Waals surface area contributed by atoms with E-state index in [1.165, 1.54) is 5.69 Å². The molecule has 7 nitrogen and oxygen atoms in total. The summed E-state index contributed by atoms with van der Waals surface area (Å²) in [6.45, 7) is 4.64. The Bertz CT molecular complexity index is 864. The number of carbonyl (C=O) groups is 1. The van der Waals surface area contributed by atoms with E-state index in [9.17, 15) is 4.79 Å². The topological polar surface area (TPSA) is 69.2 Å². The molecule has 1 fully saturated rings. The van der Waals surface area contributed by atoms with Crippen LogP contribution in [0.1, 0.15) is 10.4 Å². The Morgan fingerprint density at radius 1 is 1.03 bits per heavy atom. The van der Waals surface area contributed by atoms with Crippen LogP contribution in [-0.4, -0.2) is 70.2 Å². The van der Waals surface area contributed by atoms with Gasteiger partial charge in [-0.2, -0.15) is 0 Å². The first kappa shape index (κ1) is 21.8. The van der Waals surface area contributed by atoms with Crippen molar-refractivity contribution >= 4 is 29.2 Å². The molecule has 1 amide bonds. The lowest BCUT2D eigenvalue weighted by atomic mass is 10.2. The molecule has 160 valence electrons. The number of guanidine groups is 1. The number of nitrogens with one attached hydrogen (secondary N) is 2. The van der Waals surface area contributed by atoms with Gasteiger partial charge in [0.05, 0.1) is 17.7 Å². The van der Waals surface area contributed by atoms with E-state index in [0.717, 1.165) is 37.9 Å². The van der Waals surface area contributed by atoms with Crippen molar-refractivity contribution in [3.8, 4) is 5.75 Å².